The first-order valence-electron chi connectivity index (χ1n) is 11.8. The van der Waals surface area contributed by atoms with Gasteiger partial charge in [0.1, 0.15) is 11.2 Å². The molecule has 1 N–H and O–H groups in total. The van der Waals surface area contributed by atoms with Gasteiger partial charge in [-0.3, -0.25) is 9.59 Å². The number of fused-ring (bicyclic) bond motifs is 3. The first-order valence-corrected chi connectivity index (χ1v) is 12.6. The van der Waals surface area contributed by atoms with E-state index in [1.54, 1.807) is 35.8 Å². The molecule has 1 aliphatic carbocycles. The molecule has 0 aliphatic heterocycles. The maximum absolute atomic E-state index is 13.1. The third-order valence-electron chi connectivity index (χ3n) is 6.04. The van der Waals surface area contributed by atoms with Crippen LogP contribution in [0.15, 0.2) is 58.7 Å². The Morgan fingerprint density at radius 2 is 2.06 bits per heavy atom. The maximum atomic E-state index is 13.1. The van der Waals surface area contributed by atoms with Gasteiger partial charge in [0.05, 0.1) is 18.7 Å². The van der Waals surface area contributed by atoms with E-state index >= 15 is 0 Å². The van der Waals surface area contributed by atoms with Crippen molar-refractivity contribution < 1.29 is 14.3 Å². The predicted octanol–water partition coefficient (Wildman–Crippen LogP) is 4.55. The molecule has 9 heteroatoms. The second-order valence-corrected chi connectivity index (χ2v) is 9.73. The van der Waals surface area contributed by atoms with Crippen molar-refractivity contribution in [2.45, 2.75) is 32.6 Å². The van der Waals surface area contributed by atoms with Gasteiger partial charge in [0.2, 0.25) is 0 Å². The summed E-state index contributed by atoms with van der Waals surface area (Å²) < 4.78 is 12.4. The number of aryl methyl sites for hydroxylation is 3. The van der Waals surface area contributed by atoms with Crippen LogP contribution in [0.3, 0.4) is 0 Å². The molecule has 36 heavy (non-hydrogen) atoms. The third-order valence-corrected chi connectivity index (χ3v) is 7.24. The van der Waals surface area contributed by atoms with Gasteiger partial charge >= 0.3 is 0 Å². The highest BCUT2D eigenvalue weighted by Gasteiger charge is 2.20. The molecule has 0 atom stereocenters. The summed E-state index contributed by atoms with van der Waals surface area (Å²) in [4.78, 5) is 31.9. The number of hydrogen-bond acceptors (Lipinski definition) is 7. The van der Waals surface area contributed by atoms with Gasteiger partial charge in [0.25, 0.3) is 11.5 Å². The van der Waals surface area contributed by atoms with Crippen molar-refractivity contribution in [2.75, 3.05) is 19.0 Å². The lowest BCUT2D eigenvalue weighted by molar-refractivity contribution is -0.118. The number of ether oxygens (including phenoxy) is 2. The lowest BCUT2D eigenvalue weighted by Gasteiger charge is -2.11. The summed E-state index contributed by atoms with van der Waals surface area (Å²) in [5.74, 6) is 0.612. The molecule has 2 aromatic carbocycles. The number of aromatic nitrogens is 2. The highest BCUT2D eigenvalue weighted by Crippen LogP contribution is 2.33. The minimum absolute atomic E-state index is 0.151. The number of amides is 1. The molecule has 8 nitrogen and oxygen atoms in total. The number of hydrogen-bond donors (Lipinski definition) is 1. The number of methoxy groups -OCH3 is 1. The van der Waals surface area contributed by atoms with Gasteiger partial charge in [0.15, 0.2) is 18.1 Å². The summed E-state index contributed by atoms with van der Waals surface area (Å²) >= 11 is 1.62. The second kappa shape index (κ2) is 10.3. The van der Waals surface area contributed by atoms with Gasteiger partial charge < -0.3 is 14.8 Å². The highest BCUT2D eigenvalue weighted by molar-refractivity contribution is 7.18. The summed E-state index contributed by atoms with van der Waals surface area (Å²) in [6.45, 7) is 1.80. The van der Waals surface area contributed by atoms with Crippen molar-refractivity contribution in [1.82, 2.24) is 9.66 Å². The molecule has 0 fully saturated rings. The van der Waals surface area contributed by atoms with Gasteiger partial charge in [-0.1, -0.05) is 12.1 Å². The number of rotatable bonds is 7. The molecule has 184 valence electrons. The van der Waals surface area contributed by atoms with Gasteiger partial charge in [0, 0.05) is 10.6 Å². The van der Waals surface area contributed by atoms with E-state index in [1.165, 1.54) is 23.0 Å². The number of benzene rings is 2. The normalized spacial score (nSPS) is 13.1. The minimum atomic E-state index is -0.272. The van der Waals surface area contributed by atoms with Crippen LogP contribution in [0, 0.1) is 6.92 Å². The Kier molecular flexibility index (Phi) is 6.81. The number of nitrogens with zero attached hydrogens (tertiary/aromatic N) is 3. The fourth-order valence-corrected chi connectivity index (χ4v) is 5.51. The number of nitrogens with one attached hydrogen (secondary N) is 1. The predicted molar refractivity (Wildman–Crippen MR) is 142 cm³/mol. The Balaban J connectivity index is 1.29. The van der Waals surface area contributed by atoms with E-state index in [4.69, 9.17) is 9.47 Å². The van der Waals surface area contributed by atoms with Crippen molar-refractivity contribution >= 4 is 39.4 Å². The van der Waals surface area contributed by atoms with Gasteiger partial charge in [-0.15, -0.1) is 11.3 Å². The summed E-state index contributed by atoms with van der Waals surface area (Å²) in [5, 5.41) is 7.85. The van der Waals surface area contributed by atoms with Crippen molar-refractivity contribution in [3.8, 4) is 11.5 Å². The van der Waals surface area contributed by atoms with Crippen LogP contribution in [0.1, 0.15) is 34.4 Å². The van der Waals surface area contributed by atoms with Gasteiger partial charge in [-0.2, -0.15) is 9.78 Å². The number of anilines is 1. The van der Waals surface area contributed by atoms with Crippen LogP contribution in [-0.4, -0.2) is 35.5 Å². The molecule has 0 radical (unpaired) electrons. The maximum Gasteiger partial charge on any atom is 0.282 e. The Labute approximate surface area is 212 Å². The zero-order valence-corrected chi connectivity index (χ0v) is 20.9. The smallest absolute Gasteiger partial charge is 0.282 e. The van der Waals surface area contributed by atoms with E-state index in [0.29, 0.717) is 28.1 Å². The molecule has 0 saturated heterocycles. The molecule has 0 saturated carbocycles. The first-order chi connectivity index (χ1) is 17.5. The second-order valence-electron chi connectivity index (χ2n) is 8.65. The van der Waals surface area contributed by atoms with Crippen LogP contribution >= 0.6 is 11.3 Å². The monoisotopic (exact) mass is 502 g/mol. The summed E-state index contributed by atoms with van der Waals surface area (Å²) in [6, 6.07) is 12.8. The highest BCUT2D eigenvalue weighted by atomic mass is 32.1. The Morgan fingerprint density at radius 3 is 2.89 bits per heavy atom. The van der Waals surface area contributed by atoms with Crippen LogP contribution < -0.4 is 20.3 Å². The fourth-order valence-electron chi connectivity index (χ4n) is 4.30. The Hall–Kier alpha value is -3.98. The number of carbonyl (C=O) groups is 1. The lowest BCUT2D eigenvalue weighted by atomic mass is 9.97. The van der Waals surface area contributed by atoms with Crippen molar-refractivity contribution in [3.05, 3.63) is 80.7 Å². The summed E-state index contributed by atoms with van der Waals surface area (Å²) in [5.41, 5.74) is 3.47. The zero-order chi connectivity index (χ0) is 25.1. The van der Waals surface area contributed by atoms with E-state index in [-0.39, 0.29) is 18.1 Å². The van der Waals surface area contributed by atoms with E-state index < -0.39 is 0 Å². The average Bonchev–Trinajstić information content (AvgIpc) is 3.27. The Morgan fingerprint density at radius 1 is 1.19 bits per heavy atom. The van der Waals surface area contributed by atoms with E-state index in [1.807, 2.05) is 31.2 Å². The molecule has 4 aromatic rings. The van der Waals surface area contributed by atoms with Gasteiger partial charge in [-0.25, -0.2) is 4.98 Å². The van der Waals surface area contributed by atoms with Crippen molar-refractivity contribution in [2.24, 2.45) is 5.10 Å². The lowest BCUT2D eigenvalue weighted by Crippen LogP contribution is -2.20. The topological polar surface area (TPSA) is 94.8 Å². The molecule has 1 amide bonds. The van der Waals surface area contributed by atoms with E-state index in [0.717, 1.165) is 41.6 Å². The Bertz CT molecular complexity index is 1520. The molecular weight excluding hydrogens is 476 g/mol. The largest absolute Gasteiger partial charge is 0.493 e. The quantitative estimate of drug-likeness (QED) is 0.374. The van der Waals surface area contributed by atoms with Crippen LogP contribution in [-0.2, 0) is 17.6 Å². The molecular formula is C27H26N4O4S. The van der Waals surface area contributed by atoms with Crippen LogP contribution in [0.25, 0.3) is 10.2 Å². The molecule has 0 bridgehead atoms. The SMILES string of the molecule is COc1cc(/C=N/n2cnc3sc4c(c3c2=O)CCCC4)ccc1OCC(=O)Nc1cccc(C)c1. The number of carbonyl (C=O) groups excluding carboxylic acids is 1. The molecule has 5 rings (SSSR count). The average molecular weight is 503 g/mol. The van der Waals surface area contributed by atoms with E-state index in [9.17, 15) is 9.59 Å². The van der Waals surface area contributed by atoms with Gasteiger partial charge in [-0.05, 0) is 79.6 Å². The summed E-state index contributed by atoms with van der Waals surface area (Å²) in [7, 11) is 1.53. The number of thiophene rings is 1. The van der Waals surface area contributed by atoms with Crippen LogP contribution in [0.5, 0.6) is 11.5 Å². The van der Waals surface area contributed by atoms with Crippen LogP contribution in [0.2, 0.25) is 0 Å². The van der Waals surface area contributed by atoms with Crippen LogP contribution in [0.4, 0.5) is 5.69 Å². The molecule has 2 heterocycles. The fraction of sp³-hybridized carbons (Fsp3) is 0.259. The standard InChI is InChI=1S/C27H26N4O4S/c1-17-6-5-7-19(12-17)30-24(32)15-35-21-11-10-18(13-22(21)34-2)14-29-31-16-28-26-25(27(31)33)20-8-3-4-9-23(20)36-26/h5-7,10-14,16H,3-4,8-9,15H2,1-2H3,(H,30,32)/b29-14+. The zero-order valence-electron chi connectivity index (χ0n) is 20.1. The molecule has 2 aromatic heterocycles. The first kappa shape index (κ1) is 23.7. The molecule has 1 aliphatic rings. The molecule has 0 unspecified atom stereocenters. The van der Waals surface area contributed by atoms with Crippen molar-refractivity contribution in [1.29, 1.82) is 0 Å². The third kappa shape index (κ3) is 5.01. The van der Waals surface area contributed by atoms with Crippen molar-refractivity contribution in [3.63, 3.8) is 0 Å². The minimum Gasteiger partial charge on any atom is -0.493 e. The molecule has 0 spiro atoms. The summed E-state index contributed by atoms with van der Waals surface area (Å²) in [6.07, 6.45) is 7.22. The van der Waals surface area contributed by atoms with E-state index in [2.05, 4.69) is 15.4 Å².